The Morgan fingerprint density at radius 1 is 1.33 bits per heavy atom. The molecule has 100 valence electrons. The van der Waals surface area contributed by atoms with E-state index in [1.54, 1.807) is 13.8 Å². The Hall–Kier alpha value is -1.55. The van der Waals surface area contributed by atoms with E-state index in [0.717, 1.165) is 17.7 Å². The van der Waals surface area contributed by atoms with Crippen molar-refractivity contribution < 1.29 is 14.3 Å². The number of carbonyl (C=O) groups excluding carboxylic acids is 1. The number of benzene rings is 1. The first-order valence-electron chi connectivity index (χ1n) is 5.97. The van der Waals surface area contributed by atoms with Crippen molar-refractivity contribution in [2.24, 2.45) is 5.41 Å². The minimum absolute atomic E-state index is 0.262. The number of ether oxygens (including phenoxy) is 2. The summed E-state index contributed by atoms with van der Waals surface area (Å²) in [5.41, 5.74) is 7.05. The molecule has 0 saturated carbocycles. The Labute approximate surface area is 108 Å². The Morgan fingerprint density at radius 2 is 2.00 bits per heavy atom. The Morgan fingerprint density at radius 3 is 2.61 bits per heavy atom. The maximum Gasteiger partial charge on any atom is 0.313 e. The molecular weight excluding hydrogens is 230 g/mol. The quantitative estimate of drug-likeness (QED) is 0.477. The predicted molar refractivity (Wildman–Crippen MR) is 71.2 cm³/mol. The Kier molecular flexibility index (Phi) is 5.16. The van der Waals surface area contributed by atoms with E-state index in [9.17, 15) is 4.79 Å². The highest BCUT2D eigenvalue weighted by Crippen LogP contribution is 2.18. The summed E-state index contributed by atoms with van der Waals surface area (Å²) in [4.78, 5) is 11.4. The highest BCUT2D eigenvalue weighted by Gasteiger charge is 2.28. The van der Waals surface area contributed by atoms with Crippen LogP contribution in [0.3, 0.4) is 0 Å². The molecule has 0 unspecified atom stereocenters. The van der Waals surface area contributed by atoms with Gasteiger partial charge in [-0.1, -0.05) is 18.2 Å². The van der Waals surface area contributed by atoms with Gasteiger partial charge in [-0.25, -0.2) is 0 Å². The molecule has 4 nitrogen and oxygen atoms in total. The second kappa shape index (κ2) is 6.40. The van der Waals surface area contributed by atoms with Crippen LogP contribution in [-0.4, -0.2) is 26.3 Å². The summed E-state index contributed by atoms with van der Waals surface area (Å²) < 4.78 is 10.2. The van der Waals surface area contributed by atoms with Crippen LogP contribution in [0.15, 0.2) is 24.3 Å². The number of nitrogen functional groups attached to an aromatic ring is 1. The molecule has 0 heterocycles. The zero-order valence-corrected chi connectivity index (χ0v) is 11.2. The number of carbonyl (C=O) groups is 1. The van der Waals surface area contributed by atoms with E-state index in [2.05, 4.69) is 0 Å². The predicted octanol–water partition coefficient (Wildman–Crippen LogP) is 2.03. The van der Waals surface area contributed by atoms with Crippen molar-refractivity contribution in [1.82, 2.24) is 0 Å². The van der Waals surface area contributed by atoms with E-state index < -0.39 is 5.41 Å². The van der Waals surface area contributed by atoms with Crippen LogP contribution < -0.4 is 5.73 Å². The van der Waals surface area contributed by atoms with Gasteiger partial charge >= 0.3 is 5.97 Å². The summed E-state index contributed by atoms with van der Waals surface area (Å²) in [6.45, 7) is 4.48. The molecule has 0 saturated heterocycles. The molecule has 1 rings (SSSR count). The molecular formula is C14H21NO3. The first-order chi connectivity index (χ1) is 8.47. The van der Waals surface area contributed by atoms with Crippen molar-refractivity contribution in [3.8, 4) is 0 Å². The van der Waals surface area contributed by atoms with Crippen LogP contribution in [0.2, 0.25) is 0 Å². The van der Waals surface area contributed by atoms with E-state index in [4.69, 9.17) is 15.2 Å². The van der Waals surface area contributed by atoms with Crippen LogP contribution >= 0.6 is 0 Å². The summed E-state index contributed by atoms with van der Waals surface area (Å²) in [5, 5.41) is 0. The van der Waals surface area contributed by atoms with Crippen molar-refractivity contribution in [3.63, 3.8) is 0 Å². The van der Waals surface area contributed by atoms with E-state index >= 15 is 0 Å². The average Bonchev–Trinajstić information content (AvgIpc) is 2.35. The number of hydrogen-bond donors (Lipinski definition) is 1. The summed E-state index contributed by atoms with van der Waals surface area (Å²) in [6.07, 6.45) is 0.740. The lowest BCUT2D eigenvalue weighted by atomic mass is 9.95. The fourth-order valence-corrected chi connectivity index (χ4v) is 1.61. The maximum absolute atomic E-state index is 11.4. The molecule has 0 radical (unpaired) electrons. The van der Waals surface area contributed by atoms with Gasteiger partial charge in [0.15, 0.2) is 0 Å². The van der Waals surface area contributed by atoms with Crippen LogP contribution in [0.1, 0.15) is 19.4 Å². The van der Waals surface area contributed by atoms with E-state index in [0.29, 0.717) is 13.2 Å². The topological polar surface area (TPSA) is 61.5 Å². The molecule has 1 aromatic carbocycles. The van der Waals surface area contributed by atoms with Gasteiger partial charge in [0.25, 0.3) is 0 Å². The van der Waals surface area contributed by atoms with Crippen molar-refractivity contribution in [3.05, 3.63) is 29.8 Å². The largest absolute Gasteiger partial charge is 0.469 e. The molecule has 0 aliphatic carbocycles. The molecule has 0 atom stereocenters. The van der Waals surface area contributed by atoms with Crippen LogP contribution in [0, 0.1) is 5.41 Å². The average molecular weight is 251 g/mol. The molecule has 4 heteroatoms. The summed E-state index contributed by atoms with van der Waals surface area (Å²) >= 11 is 0. The molecule has 2 N–H and O–H groups in total. The van der Waals surface area contributed by atoms with Gasteiger partial charge < -0.3 is 15.2 Å². The molecule has 0 bridgehead atoms. The molecule has 0 aromatic heterocycles. The minimum atomic E-state index is -0.614. The van der Waals surface area contributed by atoms with Gasteiger partial charge in [-0.3, -0.25) is 4.79 Å². The molecule has 18 heavy (non-hydrogen) atoms. The zero-order valence-electron chi connectivity index (χ0n) is 11.2. The van der Waals surface area contributed by atoms with Crippen molar-refractivity contribution in [1.29, 1.82) is 0 Å². The summed E-state index contributed by atoms with van der Waals surface area (Å²) in [6, 6.07) is 7.70. The number of methoxy groups -OCH3 is 1. The lowest BCUT2D eigenvalue weighted by Gasteiger charge is -2.21. The zero-order chi connectivity index (χ0) is 13.6. The van der Waals surface area contributed by atoms with Gasteiger partial charge in [-0.15, -0.1) is 0 Å². The van der Waals surface area contributed by atoms with E-state index in [1.807, 2.05) is 24.3 Å². The third-order valence-electron chi connectivity index (χ3n) is 2.77. The monoisotopic (exact) mass is 251 g/mol. The van der Waals surface area contributed by atoms with Gasteiger partial charge in [-0.05, 0) is 31.9 Å². The van der Waals surface area contributed by atoms with E-state index in [-0.39, 0.29) is 5.97 Å². The normalized spacial score (nSPS) is 11.3. The fourth-order valence-electron chi connectivity index (χ4n) is 1.61. The second-order valence-electron chi connectivity index (χ2n) is 4.88. The molecule has 0 aliphatic heterocycles. The fraction of sp³-hybridized carbons (Fsp3) is 0.500. The van der Waals surface area contributed by atoms with Gasteiger partial charge in [0, 0.05) is 5.69 Å². The van der Waals surface area contributed by atoms with Crippen LogP contribution in [-0.2, 0) is 20.7 Å². The van der Waals surface area contributed by atoms with Crippen LogP contribution in [0.25, 0.3) is 0 Å². The lowest BCUT2D eigenvalue weighted by molar-refractivity contribution is -0.154. The van der Waals surface area contributed by atoms with Crippen LogP contribution in [0.4, 0.5) is 5.69 Å². The van der Waals surface area contributed by atoms with Gasteiger partial charge in [0.1, 0.15) is 0 Å². The highest BCUT2D eigenvalue weighted by molar-refractivity contribution is 5.75. The smallest absolute Gasteiger partial charge is 0.313 e. The van der Waals surface area contributed by atoms with Crippen molar-refractivity contribution in [2.75, 3.05) is 26.1 Å². The number of anilines is 1. The number of nitrogens with two attached hydrogens (primary N) is 1. The number of hydrogen-bond acceptors (Lipinski definition) is 4. The lowest BCUT2D eigenvalue weighted by Crippen LogP contribution is -2.31. The molecule has 0 fully saturated rings. The highest BCUT2D eigenvalue weighted by atomic mass is 16.5. The summed E-state index contributed by atoms with van der Waals surface area (Å²) in [7, 11) is 1.38. The first-order valence-corrected chi connectivity index (χ1v) is 5.97. The number of esters is 1. The van der Waals surface area contributed by atoms with Crippen LogP contribution in [0.5, 0.6) is 0 Å². The second-order valence-corrected chi connectivity index (χ2v) is 4.88. The third-order valence-corrected chi connectivity index (χ3v) is 2.77. The SMILES string of the molecule is COC(=O)C(C)(C)COCCc1ccccc1N. The molecule has 0 aliphatic rings. The van der Waals surface area contributed by atoms with Gasteiger partial charge in [0.05, 0.1) is 25.7 Å². The maximum atomic E-state index is 11.4. The standard InChI is InChI=1S/C14H21NO3/c1-14(2,13(16)17-3)10-18-9-8-11-6-4-5-7-12(11)15/h4-7H,8-10,15H2,1-3H3. The minimum Gasteiger partial charge on any atom is -0.469 e. The molecule has 1 aromatic rings. The van der Waals surface area contributed by atoms with E-state index in [1.165, 1.54) is 7.11 Å². The Balaban J connectivity index is 2.35. The van der Waals surface area contributed by atoms with Gasteiger partial charge in [0.2, 0.25) is 0 Å². The van der Waals surface area contributed by atoms with Gasteiger partial charge in [-0.2, -0.15) is 0 Å². The first kappa shape index (κ1) is 14.5. The number of para-hydroxylation sites is 1. The van der Waals surface area contributed by atoms with Crippen molar-refractivity contribution >= 4 is 11.7 Å². The number of rotatable bonds is 6. The van der Waals surface area contributed by atoms with Crippen molar-refractivity contribution in [2.45, 2.75) is 20.3 Å². The Bertz CT molecular complexity index is 402. The third kappa shape index (κ3) is 4.04. The molecule has 0 spiro atoms. The summed E-state index contributed by atoms with van der Waals surface area (Å²) in [5.74, 6) is -0.262. The molecule has 0 amide bonds.